The van der Waals surface area contributed by atoms with Crippen molar-refractivity contribution < 1.29 is 9.47 Å². The lowest BCUT2D eigenvalue weighted by atomic mass is 10.1. The van der Waals surface area contributed by atoms with E-state index in [1.807, 2.05) is 32.2 Å². The molecule has 3 rings (SSSR count). The van der Waals surface area contributed by atoms with Gasteiger partial charge in [-0.25, -0.2) is 9.97 Å². The molecule has 1 aromatic heterocycles. The van der Waals surface area contributed by atoms with Crippen molar-refractivity contribution in [2.45, 2.75) is 33.4 Å². The van der Waals surface area contributed by atoms with Crippen LogP contribution < -0.4 is 15.2 Å². The van der Waals surface area contributed by atoms with Gasteiger partial charge in [-0.3, -0.25) is 4.90 Å². The molecule has 0 bridgehead atoms. The van der Waals surface area contributed by atoms with E-state index in [4.69, 9.17) is 15.2 Å². The Morgan fingerprint density at radius 3 is 2.83 bits per heavy atom. The largest absolute Gasteiger partial charge is 0.490 e. The van der Waals surface area contributed by atoms with Crippen molar-refractivity contribution in [1.29, 1.82) is 0 Å². The highest BCUT2D eigenvalue weighted by Crippen LogP contribution is 2.33. The topological polar surface area (TPSA) is 73.5 Å². The van der Waals surface area contributed by atoms with E-state index >= 15 is 0 Å². The third-order valence-electron chi connectivity index (χ3n) is 4.07. The molecular weight excluding hydrogens is 304 g/mol. The van der Waals surface area contributed by atoms with E-state index in [2.05, 4.69) is 20.9 Å². The van der Waals surface area contributed by atoms with E-state index in [1.165, 1.54) is 0 Å². The van der Waals surface area contributed by atoms with Gasteiger partial charge in [0.15, 0.2) is 11.5 Å². The summed E-state index contributed by atoms with van der Waals surface area (Å²) in [5.74, 6) is 2.01. The van der Waals surface area contributed by atoms with Crippen LogP contribution in [-0.2, 0) is 19.5 Å². The standard InChI is InChI=1S/C18H24N4O2/c1-3-23-16-7-5-6-13(17(16)24-4-2)11-22-9-8-15-14(12-22)10-20-18(19)21-15/h5-7,10H,3-4,8-9,11-12H2,1-2H3,(H2,19,20,21). The van der Waals surface area contributed by atoms with Crippen LogP contribution in [0.4, 0.5) is 5.95 Å². The average Bonchev–Trinajstić information content (AvgIpc) is 2.58. The number of ether oxygens (including phenoxy) is 2. The summed E-state index contributed by atoms with van der Waals surface area (Å²) in [6.45, 7) is 7.78. The van der Waals surface area contributed by atoms with Gasteiger partial charge in [0.05, 0.1) is 18.9 Å². The Balaban J connectivity index is 1.79. The van der Waals surface area contributed by atoms with E-state index in [0.29, 0.717) is 19.2 Å². The molecule has 0 atom stereocenters. The Morgan fingerprint density at radius 1 is 1.21 bits per heavy atom. The highest BCUT2D eigenvalue weighted by Gasteiger charge is 2.20. The van der Waals surface area contributed by atoms with Crippen LogP contribution in [0.1, 0.15) is 30.7 Å². The van der Waals surface area contributed by atoms with Gasteiger partial charge in [-0.05, 0) is 19.9 Å². The number of benzene rings is 1. The lowest BCUT2D eigenvalue weighted by Gasteiger charge is -2.28. The minimum absolute atomic E-state index is 0.352. The van der Waals surface area contributed by atoms with Gasteiger partial charge >= 0.3 is 0 Å². The molecule has 2 aromatic rings. The minimum atomic E-state index is 0.352. The molecule has 0 spiro atoms. The molecule has 2 N–H and O–H groups in total. The lowest BCUT2D eigenvalue weighted by Crippen LogP contribution is -2.31. The molecule has 0 fully saturated rings. The van der Waals surface area contributed by atoms with Gasteiger partial charge in [0.1, 0.15) is 0 Å². The number of hydrogen-bond donors (Lipinski definition) is 1. The first-order chi connectivity index (χ1) is 11.7. The number of hydrogen-bond acceptors (Lipinski definition) is 6. The molecule has 1 aliphatic rings. The van der Waals surface area contributed by atoms with E-state index in [9.17, 15) is 0 Å². The fraction of sp³-hybridized carbons (Fsp3) is 0.444. The van der Waals surface area contributed by atoms with Crippen LogP contribution >= 0.6 is 0 Å². The van der Waals surface area contributed by atoms with Crippen LogP contribution in [0.25, 0.3) is 0 Å². The first-order valence-electron chi connectivity index (χ1n) is 8.41. The summed E-state index contributed by atoms with van der Waals surface area (Å²) in [6.07, 6.45) is 2.72. The van der Waals surface area contributed by atoms with Gasteiger partial charge in [0, 0.05) is 43.4 Å². The van der Waals surface area contributed by atoms with Crippen LogP contribution in [-0.4, -0.2) is 34.6 Å². The van der Waals surface area contributed by atoms with Gasteiger partial charge in [-0.15, -0.1) is 0 Å². The Bertz CT molecular complexity index is 705. The molecule has 6 nitrogen and oxygen atoms in total. The molecule has 2 heterocycles. The second kappa shape index (κ2) is 7.49. The molecule has 1 aromatic carbocycles. The SMILES string of the molecule is CCOc1cccc(CN2CCc3nc(N)ncc3C2)c1OCC. The van der Waals surface area contributed by atoms with Crippen LogP contribution in [0.5, 0.6) is 11.5 Å². The van der Waals surface area contributed by atoms with Gasteiger partial charge in [-0.2, -0.15) is 0 Å². The van der Waals surface area contributed by atoms with E-state index in [1.54, 1.807) is 0 Å². The van der Waals surface area contributed by atoms with E-state index in [-0.39, 0.29) is 0 Å². The first kappa shape index (κ1) is 16.5. The highest BCUT2D eigenvalue weighted by molar-refractivity contribution is 5.46. The second-order valence-electron chi connectivity index (χ2n) is 5.77. The maximum absolute atomic E-state index is 5.85. The number of nitrogens with two attached hydrogens (primary N) is 1. The fourth-order valence-electron chi connectivity index (χ4n) is 3.03. The van der Waals surface area contributed by atoms with Crippen molar-refractivity contribution in [2.24, 2.45) is 0 Å². The fourth-order valence-corrected chi connectivity index (χ4v) is 3.03. The van der Waals surface area contributed by atoms with Crippen LogP contribution in [0.2, 0.25) is 0 Å². The van der Waals surface area contributed by atoms with Crippen molar-refractivity contribution in [3.8, 4) is 11.5 Å². The number of anilines is 1. The Morgan fingerprint density at radius 2 is 2.04 bits per heavy atom. The first-order valence-corrected chi connectivity index (χ1v) is 8.41. The second-order valence-corrected chi connectivity index (χ2v) is 5.77. The maximum Gasteiger partial charge on any atom is 0.220 e. The Kier molecular flexibility index (Phi) is 5.15. The number of nitrogens with zero attached hydrogens (tertiary/aromatic N) is 3. The molecule has 0 aliphatic carbocycles. The molecule has 0 unspecified atom stereocenters. The van der Waals surface area contributed by atoms with Crippen LogP contribution in [0.3, 0.4) is 0 Å². The molecule has 24 heavy (non-hydrogen) atoms. The third-order valence-corrected chi connectivity index (χ3v) is 4.07. The van der Waals surface area contributed by atoms with E-state index < -0.39 is 0 Å². The molecule has 6 heteroatoms. The minimum Gasteiger partial charge on any atom is -0.490 e. The lowest BCUT2D eigenvalue weighted by molar-refractivity contribution is 0.233. The summed E-state index contributed by atoms with van der Waals surface area (Å²) in [7, 11) is 0. The van der Waals surface area contributed by atoms with Crippen molar-refractivity contribution in [3.63, 3.8) is 0 Å². The summed E-state index contributed by atoms with van der Waals surface area (Å²) in [5, 5.41) is 0. The number of fused-ring (bicyclic) bond motifs is 1. The van der Waals surface area contributed by atoms with Crippen molar-refractivity contribution in [1.82, 2.24) is 14.9 Å². The van der Waals surface area contributed by atoms with Crippen molar-refractivity contribution >= 4 is 5.95 Å². The molecule has 0 saturated heterocycles. The van der Waals surface area contributed by atoms with Gasteiger partial charge in [-0.1, -0.05) is 12.1 Å². The zero-order valence-corrected chi connectivity index (χ0v) is 14.3. The van der Waals surface area contributed by atoms with Gasteiger partial charge in [0.2, 0.25) is 5.95 Å². The zero-order chi connectivity index (χ0) is 16.9. The molecular formula is C18H24N4O2. The third kappa shape index (κ3) is 3.59. The summed E-state index contributed by atoms with van der Waals surface area (Å²) in [4.78, 5) is 10.8. The summed E-state index contributed by atoms with van der Waals surface area (Å²) < 4.78 is 11.6. The monoisotopic (exact) mass is 328 g/mol. The maximum atomic E-state index is 5.85. The number of aromatic nitrogens is 2. The van der Waals surface area contributed by atoms with Gasteiger partial charge in [0.25, 0.3) is 0 Å². The normalized spacial score (nSPS) is 14.2. The van der Waals surface area contributed by atoms with Crippen LogP contribution in [0.15, 0.2) is 24.4 Å². The highest BCUT2D eigenvalue weighted by atomic mass is 16.5. The van der Waals surface area contributed by atoms with E-state index in [0.717, 1.165) is 54.4 Å². The van der Waals surface area contributed by atoms with Gasteiger partial charge < -0.3 is 15.2 Å². The molecule has 128 valence electrons. The zero-order valence-electron chi connectivity index (χ0n) is 14.3. The molecule has 0 radical (unpaired) electrons. The molecule has 0 amide bonds. The predicted molar refractivity (Wildman–Crippen MR) is 93.0 cm³/mol. The molecule has 0 saturated carbocycles. The number of para-hydroxylation sites is 1. The number of nitrogen functional groups attached to an aromatic ring is 1. The summed E-state index contributed by atoms with van der Waals surface area (Å²) >= 11 is 0. The predicted octanol–water partition coefficient (Wildman–Crippen LogP) is 2.41. The number of rotatable bonds is 6. The summed E-state index contributed by atoms with van der Waals surface area (Å²) in [6, 6.07) is 6.08. The van der Waals surface area contributed by atoms with Crippen molar-refractivity contribution in [2.75, 3.05) is 25.5 Å². The van der Waals surface area contributed by atoms with Crippen LogP contribution in [0, 0.1) is 0 Å². The Labute approximate surface area is 142 Å². The van der Waals surface area contributed by atoms with Crippen molar-refractivity contribution in [3.05, 3.63) is 41.2 Å². The smallest absolute Gasteiger partial charge is 0.220 e. The quantitative estimate of drug-likeness (QED) is 0.878. The summed E-state index contributed by atoms with van der Waals surface area (Å²) in [5.41, 5.74) is 9.02. The Hall–Kier alpha value is -2.34. The average molecular weight is 328 g/mol. The molecule has 1 aliphatic heterocycles.